The first-order valence-corrected chi connectivity index (χ1v) is 5.37. The van der Waals surface area contributed by atoms with Gasteiger partial charge < -0.3 is 20.0 Å². The molecule has 1 aromatic carbocycles. The summed E-state index contributed by atoms with van der Waals surface area (Å²) in [4.78, 5) is 32.4. The Morgan fingerprint density at radius 1 is 1.21 bits per heavy atom. The Hall–Kier alpha value is -2.63. The van der Waals surface area contributed by atoms with E-state index in [4.69, 9.17) is 0 Å². The Bertz CT molecular complexity index is 504. The lowest BCUT2D eigenvalue weighted by Gasteiger charge is -2.04. The largest absolute Gasteiger partial charge is 0.545 e. The van der Waals surface area contributed by atoms with Crippen LogP contribution < -0.4 is 10.4 Å². The molecule has 1 aromatic rings. The number of aliphatic carboxylic acids is 1. The average molecular weight is 262 g/mol. The van der Waals surface area contributed by atoms with Crippen molar-refractivity contribution in [2.24, 2.45) is 0 Å². The van der Waals surface area contributed by atoms with Gasteiger partial charge in [-0.2, -0.15) is 0 Å². The first-order valence-electron chi connectivity index (χ1n) is 5.37. The molecule has 0 aliphatic rings. The summed E-state index contributed by atoms with van der Waals surface area (Å²) in [6.07, 6.45) is 1.52. The Kier molecular flexibility index (Phi) is 5.28. The fourth-order valence-corrected chi connectivity index (χ4v) is 1.27. The van der Waals surface area contributed by atoms with E-state index in [1.54, 1.807) is 24.3 Å². The molecule has 0 radical (unpaired) electrons. The second-order valence-corrected chi connectivity index (χ2v) is 3.56. The van der Waals surface area contributed by atoms with Gasteiger partial charge in [0.25, 0.3) is 0 Å². The van der Waals surface area contributed by atoms with Crippen LogP contribution in [0.3, 0.4) is 0 Å². The van der Waals surface area contributed by atoms with Gasteiger partial charge in [-0.1, -0.05) is 12.1 Å². The van der Waals surface area contributed by atoms with Crippen molar-refractivity contribution in [3.8, 4) is 0 Å². The van der Waals surface area contributed by atoms with E-state index in [1.165, 1.54) is 7.11 Å². The van der Waals surface area contributed by atoms with Gasteiger partial charge in [0.1, 0.15) is 0 Å². The standard InChI is InChI=1S/C13H13NO5/c1-19-13(18)10-4-2-9(3-5-10)8-14-11(15)6-7-12(16)17/h2-7H,8H2,1H3,(H,14,15)(H,16,17)/p-1/b7-6+. The first-order chi connectivity index (χ1) is 9.02. The number of rotatable bonds is 5. The third-order valence-electron chi connectivity index (χ3n) is 2.21. The third-order valence-corrected chi connectivity index (χ3v) is 2.21. The number of carbonyl (C=O) groups excluding carboxylic acids is 3. The number of hydrogen-bond acceptors (Lipinski definition) is 5. The van der Waals surface area contributed by atoms with Gasteiger partial charge in [-0.3, -0.25) is 4.79 Å². The van der Waals surface area contributed by atoms with Crippen LogP contribution in [-0.2, 0) is 20.9 Å². The minimum atomic E-state index is -1.43. The molecule has 0 atom stereocenters. The highest BCUT2D eigenvalue weighted by Crippen LogP contribution is 2.05. The number of nitrogens with one attached hydrogen (secondary N) is 1. The highest BCUT2D eigenvalue weighted by molar-refractivity contribution is 5.93. The van der Waals surface area contributed by atoms with E-state index in [2.05, 4.69) is 10.1 Å². The summed E-state index contributed by atoms with van der Waals surface area (Å²) in [7, 11) is 1.29. The third kappa shape index (κ3) is 5.03. The minimum absolute atomic E-state index is 0.220. The quantitative estimate of drug-likeness (QED) is 0.564. The van der Waals surface area contributed by atoms with Gasteiger partial charge in [0.05, 0.1) is 18.6 Å². The van der Waals surface area contributed by atoms with E-state index < -0.39 is 17.8 Å². The van der Waals surface area contributed by atoms with E-state index in [0.29, 0.717) is 11.6 Å². The van der Waals surface area contributed by atoms with Gasteiger partial charge in [-0.05, 0) is 23.8 Å². The molecular formula is C13H12NO5-. The first kappa shape index (κ1) is 14.4. The summed E-state index contributed by atoms with van der Waals surface area (Å²) in [6, 6.07) is 6.47. The van der Waals surface area contributed by atoms with Gasteiger partial charge in [0.15, 0.2) is 0 Å². The van der Waals surface area contributed by atoms with E-state index in [9.17, 15) is 19.5 Å². The van der Waals surface area contributed by atoms with Crippen LogP contribution in [0.25, 0.3) is 0 Å². The normalized spacial score (nSPS) is 10.2. The number of amides is 1. The number of carboxylic acids is 1. The lowest BCUT2D eigenvalue weighted by atomic mass is 10.1. The van der Waals surface area contributed by atoms with Crippen molar-refractivity contribution in [3.63, 3.8) is 0 Å². The van der Waals surface area contributed by atoms with E-state index in [1.807, 2.05) is 0 Å². The van der Waals surface area contributed by atoms with Gasteiger partial charge in [0.2, 0.25) is 5.91 Å². The maximum atomic E-state index is 11.2. The summed E-state index contributed by atoms with van der Waals surface area (Å²) in [5, 5.41) is 12.6. The molecule has 0 unspecified atom stereocenters. The lowest BCUT2D eigenvalue weighted by molar-refractivity contribution is -0.297. The van der Waals surface area contributed by atoms with Crippen LogP contribution >= 0.6 is 0 Å². The predicted octanol–water partition coefficient (Wildman–Crippen LogP) is -0.605. The number of methoxy groups -OCH3 is 1. The predicted molar refractivity (Wildman–Crippen MR) is 63.8 cm³/mol. The number of carboxylic acid groups (broad SMARTS) is 1. The van der Waals surface area contributed by atoms with E-state index >= 15 is 0 Å². The molecule has 0 bridgehead atoms. The summed E-state index contributed by atoms with van der Waals surface area (Å²) in [5.41, 5.74) is 1.18. The van der Waals surface area contributed by atoms with Crippen LogP contribution in [0.2, 0.25) is 0 Å². The number of esters is 1. The molecule has 1 N–H and O–H groups in total. The average Bonchev–Trinajstić information content (AvgIpc) is 2.42. The molecule has 100 valence electrons. The van der Waals surface area contributed by atoms with Gasteiger partial charge in [0, 0.05) is 12.6 Å². The van der Waals surface area contributed by atoms with E-state index in [-0.39, 0.29) is 6.54 Å². The Morgan fingerprint density at radius 3 is 2.37 bits per heavy atom. The van der Waals surface area contributed by atoms with Crippen LogP contribution in [0.4, 0.5) is 0 Å². The van der Waals surface area contributed by atoms with Crippen molar-refractivity contribution < 1.29 is 24.2 Å². The number of hydrogen-bond donors (Lipinski definition) is 1. The van der Waals surface area contributed by atoms with Gasteiger partial charge >= 0.3 is 5.97 Å². The van der Waals surface area contributed by atoms with Gasteiger partial charge in [-0.15, -0.1) is 0 Å². The molecule has 0 saturated carbocycles. The zero-order chi connectivity index (χ0) is 14.3. The minimum Gasteiger partial charge on any atom is -0.545 e. The monoisotopic (exact) mass is 262 g/mol. The fraction of sp³-hybridized carbons (Fsp3) is 0.154. The van der Waals surface area contributed by atoms with Crippen molar-refractivity contribution in [1.29, 1.82) is 0 Å². The molecule has 0 saturated heterocycles. The second-order valence-electron chi connectivity index (χ2n) is 3.56. The fourth-order valence-electron chi connectivity index (χ4n) is 1.27. The summed E-state index contributed by atoms with van der Waals surface area (Å²) < 4.78 is 4.55. The molecule has 0 spiro atoms. The molecule has 1 rings (SSSR count). The van der Waals surface area contributed by atoms with Crippen molar-refractivity contribution in [2.75, 3.05) is 7.11 Å². The topological polar surface area (TPSA) is 95.5 Å². The second kappa shape index (κ2) is 6.95. The Balaban J connectivity index is 2.52. The molecular weight excluding hydrogens is 250 g/mol. The van der Waals surface area contributed by atoms with Crippen LogP contribution in [0.1, 0.15) is 15.9 Å². The SMILES string of the molecule is COC(=O)c1ccc(CNC(=O)/C=C/C(=O)[O-])cc1. The molecule has 0 aliphatic heterocycles. The Labute approximate surface area is 109 Å². The molecule has 6 nitrogen and oxygen atoms in total. The van der Waals surface area contributed by atoms with Crippen molar-refractivity contribution in [3.05, 3.63) is 47.5 Å². The summed E-state index contributed by atoms with van der Waals surface area (Å²) >= 11 is 0. The lowest BCUT2D eigenvalue weighted by Crippen LogP contribution is -2.23. The smallest absolute Gasteiger partial charge is 0.337 e. The molecule has 0 heterocycles. The summed E-state index contributed by atoms with van der Waals surface area (Å²) in [6.45, 7) is 0.220. The van der Waals surface area contributed by atoms with Crippen LogP contribution in [0.15, 0.2) is 36.4 Å². The maximum absolute atomic E-state index is 11.2. The van der Waals surface area contributed by atoms with Gasteiger partial charge in [-0.25, -0.2) is 4.79 Å². The van der Waals surface area contributed by atoms with Crippen LogP contribution in [0, 0.1) is 0 Å². The molecule has 0 fully saturated rings. The highest BCUT2D eigenvalue weighted by Gasteiger charge is 2.04. The zero-order valence-corrected chi connectivity index (χ0v) is 10.2. The zero-order valence-electron chi connectivity index (χ0n) is 10.2. The van der Waals surface area contributed by atoms with Crippen LogP contribution in [0.5, 0.6) is 0 Å². The van der Waals surface area contributed by atoms with Crippen molar-refractivity contribution in [2.45, 2.75) is 6.54 Å². The number of carbonyl (C=O) groups is 3. The molecule has 1 amide bonds. The molecule has 19 heavy (non-hydrogen) atoms. The van der Waals surface area contributed by atoms with Crippen molar-refractivity contribution >= 4 is 17.8 Å². The maximum Gasteiger partial charge on any atom is 0.337 e. The van der Waals surface area contributed by atoms with Crippen LogP contribution in [-0.4, -0.2) is 25.0 Å². The number of benzene rings is 1. The number of ether oxygens (including phenoxy) is 1. The molecule has 0 aromatic heterocycles. The Morgan fingerprint density at radius 2 is 1.84 bits per heavy atom. The highest BCUT2D eigenvalue weighted by atomic mass is 16.5. The molecule has 0 aliphatic carbocycles. The van der Waals surface area contributed by atoms with E-state index in [0.717, 1.165) is 11.6 Å². The van der Waals surface area contributed by atoms with Crippen molar-refractivity contribution in [1.82, 2.24) is 5.32 Å². The summed E-state index contributed by atoms with van der Waals surface area (Å²) in [5.74, 6) is -2.41. The molecule has 6 heteroatoms.